The lowest BCUT2D eigenvalue weighted by Crippen LogP contribution is -2.40. The van der Waals surface area contributed by atoms with E-state index in [1.165, 1.54) is 0 Å². The van der Waals surface area contributed by atoms with Crippen molar-refractivity contribution >= 4 is 17.6 Å². The van der Waals surface area contributed by atoms with Crippen molar-refractivity contribution in [1.29, 1.82) is 0 Å². The molecule has 1 aliphatic heterocycles. The third-order valence-corrected chi connectivity index (χ3v) is 3.57. The zero-order chi connectivity index (χ0) is 14.5. The second-order valence-corrected chi connectivity index (χ2v) is 5.33. The molecule has 0 bridgehead atoms. The van der Waals surface area contributed by atoms with Gasteiger partial charge in [0.2, 0.25) is 5.91 Å². The number of carbonyl (C=O) groups is 2. The van der Waals surface area contributed by atoms with Crippen LogP contribution in [0.15, 0.2) is 24.3 Å². The van der Waals surface area contributed by atoms with Crippen molar-refractivity contribution in [3.63, 3.8) is 0 Å². The molecule has 0 aromatic heterocycles. The van der Waals surface area contributed by atoms with Crippen LogP contribution in [0, 0.1) is 5.92 Å². The number of rotatable bonds is 4. The molecule has 2 atom stereocenters. The maximum Gasteiger partial charge on any atom is 0.307 e. The van der Waals surface area contributed by atoms with Gasteiger partial charge in [-0.3, -0.25) is 9.59 Å². The van der Waals surface area contributed by atoms with E-state index in [4.69, 9.17) is 5.11 Å². The average Bonchev–Trinajstić information content (AvgIpc) is 2.40. The van der Waals surface area contributed by atoms with Crippen molar-refractivity contribution in [1.82, 2.24) is 5.32 Å². The molecule has 1 fully saturated rings. The van der Waals surface area contributed by atoms with Gasteiger partial charge in [-0.15, -0.1) is 0 Å². The Hall–Kier alpha value is -1.88. The van der Waals surface area contributed by atoms with E-state index in [0.717, 1.165) is 30.6 Å². The number of carboxylic acid groups (broad SMARTS) is 1. The molecule has 1 aromatic carbocycles. The van der Waals surface area contributed by atoms with Crippen LogP contribution in [0.2, 0.25) is 0 Å². The SMILES string of the molecule is CC1CC(C(=O)Nc2ccc(CC(=O)O)cc2)CCN1. The fourth-order valence-electron chi connectivity index (χ4n) is 2.49. The first-order valence-electron chi connectivity index (χ1n) is 6.89. The summed E-state index contributed by atoms with van der Waals surface area (Å²) in [5, 5.41) is 14.9. The van der Waals surface area contributed by atoms with Crippen LogP contribution in [-0.4, -0.2) is 29.6 Å². The zero-order valence-corrected chi connectivity index (χ0v) is 11.6. The number of carboxylic acids is 1. The number of carbonyl (C=O) groups excluding carboxylic acids is 1. The number of anilines is 1. The molecule has 0 spiro atoms. The Morgan fingerprint density at radius 1 is 1.35 bits per heavy atom. The number of benzene rings is 1. The zero-order valence-electron chi connectivity index (χ0n) is 11.6. The van der Waals surface area contributed by atoms with Gasteiger partial charge >= 0.3 is 5.97 Å². The fourth-order valence-corrected chi connectivity index (χ4v) is 2.49. The number of amides is 1. The van der Waals surface area contributed by atoms with E-state index in [9.17, 15) is 9.59 Å². The van der Waals surface area contributed by atoms with Gasteiger partial charge in [0.05, 0.1) is 6.42 Å². The summed E-state index contributed by atoms with van der Waals surface area (Å²) in [6, 6.07) is 7.34. The van der Waals surface area contributed by atoms with Gasteiger partial charge in [0.15, 0.2) is 0 Å². The van der Waals surface area contributed by atoms with Crippen LogP contribution in [0.5, 0.6) is 0 Å². The Kier molecular flexibility index (Phi) is 4.74. The molecule has 1 aliphatic rings. The molecule has 2 unspecified atom stereocenters. The fraction of sp³-hybridized carbons (Fsp3) is 0.467. The van der Waals surface area contributed by atoms with E-state index >= 15 is 0 Å². The predicted octanol–water partition coefficient (Wildman–Crippen LogP) is 1.64. The van der Waals surface area contributed by atoms with Gasteiger partial charge in [-0.05, 0) is 44.0 Å². The van der Waals surface area contributed by atoms with Crippen LogP contribution in [0.3, 0.4) is 0 Å². The summed E-state index contributed by atoms with van der Waals surface area (Å²) < 4.78 is 0. The van der Waals surface area contributed by atoms with Crippen molar-refractivity contribution in [2.45, 2.75) is 32.2 Å². The Morgan fingerprint density at radius 3 is 2.65 bits per heavy atom. The second-order valence-electron chi connectivity index (χ2n) is 5.33. The summed E-state index contributed by atoms with van der Waals surface area (Å²) in [5.74, 6) is -0.764. The largest absolute Gasteiger partial charge is 0.481 e. The maximum absolute atomic E-state index is 12.1. The smallest absolute Gasteiger partial charge is 0.307 e. The standard InChI is InChI=1S/C15H20N2O3/c1-10-8-12(6-7-16-10)15(20)17-13-4-2-11(3-5-13)9-14(18)19/h2-5,10,12,16H,6-9H2,1H3,(H,17,20)(H,18,19). The summed E-state index contributed by atoms with van der Waals surface area (Å²) in [6.45, 7) is 2.96. The van der Waals surface area contributed by atoms with E-state index < -0.39 is 5.97 Å². The molecule has 1 saturated heterocycles. The van der Waals surface area contributed by atoms with Crippen LogP contribution in [0.25, 0.3) is 0 Å². The summed E-state index contributed by atoms with van der Waals surface area (Å²) in [6.07, 6.45) is 1.70. The molecule has 3 N–H and O–H groups in total. The quantitative estimate of drug-likeness (QED) is 0.781. The molecular formula is C15H20N2O3. The van der Waals surface area contributed by atoms with Crippen molar-refractivity contribution in [3.8, 4) is 0 Å². The normalized spacial score (nSPS) is 22.2. The van der Waals surface area contributed by atoms with E-state index in [1.807, 2.05) is 0 Å². The Labute approximate surface area is 118 Å². The van der Waals surface area contributed by atoms with Gasteiger partial charge in [0, 0.05) is 17.6 Å². The lowest BCUT2D eigenvalue weighted by atomic mass is 9.92. The minimum atomic E-state index is -0.856. The van der Waals surface area contributed by atoms with Crippen LogP contribution in [-0.2, 0) is 16.0 Å². The van der Waals surface area contributed by atoms with Crippen molar-refractivity contribution < 1.29 is 14.7 Å². The lowest BCUT2D eigenvalue weighted by molar-refractivity contribution is -0.136. The predicted molar refractivity (Wildman–Crippen MR) is 76.6 cm³/mol. The lowest BCUT2D eigenvalue weighted by Gasteiger charge is -2.27. The third-order valence-electron chi connectivity index (χ3n) is 3.57. The highest BCUT2D eigenvalue weighted by Crippen LogP contribution is 2.19. The minimum absolute atomic E-state index is 0.0000353. The molecule has 5 heteroatoms. The second kappa shape index (κ2) is 6.52. The first-order chi connectivity index (χ1) is 9.54. The summed E-state index contributed by atoms with van der Waals surface area (Å²) in [4.78, 5) is 22.7. The Balaban J connectivity index is 1.92. The molecule has 108 valence electrons. The monoisotopic (exact) mass is 276 g/mol. The van der Waals surface area contributed by atoms with Gasteiger partial charge in [0.25, 0.3) is 0 Å². The number of aliphatic carboxylic acids is 1. The molecule has 2 rings (SSSR count). The Bertz CT molecular complexity index is 484. The minimum Gasteiger partial charge on any atom is -0.481 e. The topological polar surface area (TPSA) is 78.4 Å². The van der Waals surface area contributed by atoms with Gasteiger partial charge in [0.1, 0.15) is 0 Å². The van der Waals surface area contributed by atoms with Gasteiger partial charge in [-0.25, -0.2) is 0 Å². The third kappa shape index (κ3) is 4.06. The first-order valence-corrected chi connectivity index (χ1v) is 6.89. The molecule has 1 aromatic rings. The molecule has 1 amide bonds. The van der Waals surface area contributed by atoms with Crippen LogP contribution in [0.1, 0.15) is 25.3 Å². The Morgan fingerprint density at radius 2 is 2.05 bits per heavy atom. The molecular weight excluding hydrogens is 256 g/mol. The molecule has 0 saturated carbocycles. The van der Waals surface area contributed by atoms with E-state index in [2.05, 4.69) is 17.6 Å². The summed E-state index contributed by atoms with van der Waals surface area (Å²) in [7, 11) is 0. The van der Waals surface area contributed by atoms with E-state index in [1.54, 1.807) is 24.3 Å². The molecule has 5 nitrogen and oxygen atoms in total. The first kappa shape index (κ1) is 14.5. The van der Waals surface area contributed by atoms with Gasteiger partial charge in [-0.2, -0.15) is 0 Å². The van der Waals surface area contributed by atoms with E-state index in [0.29, 0.717) is 6.04 Å². The average molecular weight is 276 g/mol. The highest BCUT2D eigenvalue weighted by Gasteiger charge is 2.24. The number of hydrogen-bond acceptors (Lipinski definition) is 3. The number of piperidine rings is 1. The highest BCUT2D eigenvalue weighted by molar-refractivity contribution is 5.92. The summed E-state index contributed by atoms with van der Waals surface area (Å²) in [5.41, 5.74) is 1.45. The molecule has 0 radical (unpaired) electrons. The van der Waals surface area contributed by atoms with Crippen LogP contribution >= 0.6 is 0 Å². The van der Waals surface area contributed by atoms with Crippen molar-refractivity contribution in [3.05, 3.63) is 29.8 Å². The van der Waals surface area contributed by atoms with Crippen LogP contribution in [0.4, 0.5) is 5.69 Å². The summed E-state index contributed by atoms with van der Waals surface area (Å²) >= 11 is 0. The molecule has 0 aliphatic carbocycles. The van der Waals surface area contributed by atoms with Crippen molar-refractivity contribution in [2.24, 2.45) is 5.92 Å². The number of nitrogens with one attached hydrogen (secondary N) is 2. The maximum atomic E-state index is 12.1. The van der Waals surface area contributed by atoms with Crippen molar-refractivity contribution in [2.75, 3.05) is 11.9 Å². The van der Waals surface area contributed by atoms with Gasteiger partial charge in [-0.1, -0.05) is 12.1 Å². The highest BCUT2D eigenvalue weighted by atomic mass is 16.4. The van der Waals surface area contributed by atoms with Gasteiger partial charge < -0.3 is 15.7 Å². The molecule has 20 heavy (non-hydrogen) atoms. The van der Waals surface area contributed by atoms with Crippen LogP contribution < -0.4 is 10.6 Å². The molecule has 1 heterocycles. The van der Waals surface area contributed by atoms with E-state index in [-0.39, 0.29) is 18.2 Å². The number of hydrogen-bond donors (Lipinski definition) is 3.